The molecule has 0 spiro atoms. The smallest absolute Gasteiger partial charge is 0.326 e. The highest BCUT2D eigenvalue weighted by Gasteiger charge is 2.48. The highest BCUT2D eigenvalue weighted by atomic mass is 16.6. The number of nitrogens with one attached hydrogen (secondary N) is 1. The van der Waals surface area contributed by atoms with Crippen LogP contribution in [0.3, 0.4) is 0 Å². The molecule has 2 fully saturated rings. The predicted molar refractivity (Wildman–Crippen MR) is 57.2 cm³/mol. The van der Waals surface area contributed by atoms with Gasteiger partial charge in [-0.2, -0.15) is 0 Å². The molecule has 0 radical (unpaired) electrons. The van der Waals surface area contributed by atoms with E-state index in [4.69, 9.17) is 9.84 Å². The minimum atomic E-state index is -1.31. The molecule has 3 unspecified atom stereocenters. The molecule has 4 N–H and O–H groups in total. The molecule has 8 nitrogen and oxygen atoms in total. The molecular formula is C10H16N2O6. The fourth-order valence-electron chi connectivity index (χ4n) is 2.12. The summed E-state index contributed by atoms with van der Waals surface area (Å²) in [5.74, 6) is -0.813. The standard InChI is InChI=1S/C10H16N2O6/c1-4-2-12(10(17)11-8(4)16)9-7(15)6(14)5(3-13)18-9/h4-7,9,13-15H,2-3H2,1H3,(H,11,16,17)/t4?,5-,6?,7?,9-/m0/s1. The minimum Gasteiger partial charge on any atom is -0.394 e. The summed E-state index contributed by atoms with van der Waals surface area (Å²) < 4.78 is 5.23. The summed E-state index contributed by atoms with van der Waals surface area (Å²) in [7, 11) is 0. The number of carbonyl (C=O) groups excluding carboxylic acids is 2. The predicted octanol–water partition coefficient (Wildman–Crippen LogP) is -2.39. The Morgan fingerprint density at radius 3 is 2.61 bits per heavy atom. The maximum atomic E-state index is 11.6. The number of urea groups is 1. The summed E-state index contributed by atoms with van der Waals surface area (Å²) in [5.41, 5.74) is 0. The van der Waals surface area contributed by atoms with Crippen molar-refractivity contribution in [2.75, 3.05) is 13.2 Å². The van der Waals surface area contributed by atoms with E-state index < -0.39 is 43.1 Å². The number of imide groups is 1. The maximum Gasteiger partial charge on any atom is 0.326 e. The van der Waals surface area contributed by atoms with E-state index in [2.05, 4.69) is 5.32 Å². The van der Waals surface area contributed by atoms with E-state index in [1.165, 1.54) is 0 Å². The second kappa shape index (κ2) is 4.81. The summed E-state index contributed by atoms with van der Waals surface area (Å²) in [4.78, 5) is 24.1. The van der Waals surface area contributed by atoms with Gasteiger partial charge in [0.15, 0.2) is 6.23 Å². The molecule has 5 atom stereocenters. The SMILES string of the molecule is CC1CN([C@H]2O[C@@H](CO)C(O)C2O)C(=O)NC1=O. The van der Waals surface area contributed by atoms with Gasteiger partial charge in [0.1, 0.15) is 18.3 Å². The van der Waals surface area contributed by atoms with Gasteiger partial charge in [0.2, 0.25) is 5.91 Å². The second-order valence-electron chi connectivity index (χ2n) is 4.58. The fraction of sp³-hybridized carbons (Fsp3) is 0.800. The lowest BCUT2D eigenvalue weighted by atomic mass is 10.1. The van der Waals surface area contributed by atoms with Crippen molar-refractivity contribution in [3.05, 3.63) is 0 Å². The molecule has 102 valence electrons. The zero-order valence-corrected chi connectivity index (χ0v) is 9.81. The first kappa shape index (κ1) is 13.2. The molecule has 0 aliphatic carbocycles. The number of hydrogen-bond donors (Lipinski definition) is 4. The number of nitrogens with zero attached hydrogens (tertiary/aromatic N) is 1. The highest BCUT2D eigenvalue weighted by Crippen LogP contribution is 2.25. The van der Waals surface area contributed by atoms with Crippen LogP contribution in [-0.4, -0.2) is 69.8 Å². The van der Waals surface area contributed by atoms with E-state index >= 15 is 0 Å². The van der Waals surface area contributed by atoms with Crippen LogP contribution in [0.15, 0.2) is 0 Å². The molecule has 2 heterocycles. The number of aliphatic hydroxyl groups is 3. The van der Waals surface area contributed by atoms with E-state index in [0.717, 1.165) is 4.90 Å². The Hall–Kier alpha value is -1.22. The van der Waals surface area contributed by atoms with Gasteiger partial charge in [-0.25, -0.2) is 4.79 Å². The van der Waals surface area contributed by atoms with Crippen LogP contribution in [0.1, 0.15) is 6.92 Å². The Balaban J connectivity index is 2.12. The van der Waals surface area contributed by atoms with Crippen LogP contribution in [0.25, 0.3) is 0 Å². The van der Waals surface area contributed by atoms with Crippen molar-refractivity contribution in [1.29, 1.82) is 0 Å². The van der Waals surface area contributed by atoms with Crippen LogP contribution in [0.2, 0.25) is 0 Å². The Labute approximate surface area is 103 Å². The molecule has 18 heavy (non-hydrogen) atoms. The third kappa shape index (κ3) is 2.07. The Kier molecular flexibility index (Phi) is 3.53. The molecule has 3 amide bonds. The van der Waals surface area contributed by atoms with Crippen LogP contribution in [0.5, 0.6) is 0 Å². The summed E-state index contributed by atoms with van der Waals surface area (Å²) in [6, 6.07) is -0.673. The first-order valence-electron chi connectivity index (χ1n) is 5.69. The quantitative estimate of drug-likeness (QED) is 0.440. The van der Waals surface area contributed by atoms with Crippen LogP contribution in [0.4, 0.5) is 4.79 Å². The Morgan fingerprint density at radius 2 is 2.06 bits per heavy atom. The van der Waals surface area contributed by atoms with Gasteiger partial charge in [0.05, 0.1) is 12.5 Å². The van der Waals surface area contributed by atoms with E-state index in [1.807, 2.05) is 0 Å². The molecule has 2 rings (SSSR count). The average Bonchev–Trinajstić information content (AvgIpc) is 2.61. The van der Waals surface area contributed by atoms with E-state index in [9.17, 15) is 19.8 Å². The van der Waals surface area contributed by atoms with Crippen molar-refractivity contribution in [2.45, 2.75) is 31.5 Å². The molecule has 0 saturated carbocycles. The zero-order valence-electron chi connectivity index (χ0n) is 9.81. The van der Waals surface area contributed by atoms with E-state index in [-0.39, 0.29) is 12.5 Å². The first-order chi connectivity index (χ1) is 8.45. The number of aliphatic hydroxyl groups excluding tert-OH is 3. The van der Waals surface area contributed by atoms with Crippen LogP contribution in [-0.2, 0) is 9.53 Å². The van der Waals surface area contributed by atoms with Crippen LogP contribution >= 0.6 is 0 Å². The first-order valence-corrected chi connectivity index (χ1v) is 5.69. The average molecular weight is 260 g/mol. The molecule has 0 bridgehead atoms. The van der Waals surface area contributed by atoms with Crippen LogP contribution < -0.4 is 5.32 Å². The van der Waals surface area contributed by atoms with Gasteiger partial charge in [-0.05, 0) is 0 Å². The van der Waals surface area contributed by atoms with Crippen molar-refractivity contribution < 1.29 is 29.6 Å². The maximum absolute atomic E-state index is 11.6. The molecule has 0 aromatic carbocycles. The van der Waals surface area contributed by atoms with Gasteiger partial charge < -0.3 is 20.1 Å². The number of rotatable bonds is 2. The van der Waals surface area contributed by atoms with Gasteiger partial charge in [-0.1, -0.05) is 6.92 Å². The lowest BCUT2D eigenvalue weighted by Gasteiger charge is -2.35. The van der Waals surface area contributed by atoms with E-state index in [1.54, 1.807) is 6.92 Å². The lowest BCUT2D eigenvalue weighted by Crippen LogP contribution is -2.59. The fourth-order valence-corrected chi connectivity index (χ4v) is 2.12. The topological polar surface area (TPSA) is 119 Å². The van der Waals surface area contributed by atoms with Crippen molar-refractivity contribution in [1.82, 2.24) is 10.2 Å². The van der Waals surface area contributed by atoms with Gasteiger partial charge in [0, 0.05) is 6.54 Å². The molecule has 2 aliphatic heterocycles. The molecule has 2 aliphatic rings. The minimum absolute atomic E-state index is 0.0945. The van der Waals surface area contributed by atoms with E-state index in [0.29, 0.717) is 0 Å². The lowest BCUT2D eigenvalue weighted by molar-refractivity contribution is -0.130. The molecular weight excluding hydrogens is 244 g/mol. The molecule has 0 aromatic rings. The summed E-state index contributed by atoms with van der Waals surface area (Å²) in [6.07, 6.45) is -4.58. The normalized spacial score (nSPS) is 41.1. The monoisotopic (exact) mass is 260 g/mol. The summed E-state index contributed by atoms with van der Waals surface area (Å²) in [6.45, 7) is 1.27. The Bertz CT molecular complexity index is 362. The van der Waals surface area contributed by atoms with Crippen molar-refractivity contribution in [2.24, 2.45) is 5.92 Å². The molecule has 0 aromatic heterocycles. The Morgan fingerprint density at radius 1 is 1.39 bits per heavy atom. The molecule has 2 saturated heterocycles. The van der Waals surface area contributed by atoms with Gasteiger partial charge >= 0.3 is 6.03 Å². The number of amides is 3. The van der Waals surface area contributed by atoms with Crippen LogP contribution in [0, 0.1) is 5.92 Å². The third-order valence-corrected chi connectivity index (χ3v) is 3.23. The van der Waals surface area contributed by atoms with Crippen molar-refractivity contribution in [3.8, 4) is 0 Å². The third-order valence-electron chi connectivity index (χ3n) is 3.23. The van der Waals surface area contributed by atoms with Gasteiger partial charge in [-0.15, -0.1) is 0 Å². The second-order valence-corrected chi connectivity index (χ2v) is 4.58. The van der Waals surface area contributed by atoms with Gasteiger partial charge in [-0.3, -0.25) is 15.0 Å². The highest BCUT2D eigenvalue weighted by molar-refractivity contribution is 5.97. The zero-order chi connectivity index (χ0) is 13.4. The number of hydrogen-bond acceptors (Lipinski definition) is 6. The summed E-state index contributed by atoms with van der Waals surface area (Å²) in [5, 5.41) is 30.5. The number of carbonyl (C=O) groups is 2. The summed E-state index contributed by atoms with van der Waals surface area (Å²) >= 11 is 0. The van der Waals surface area contributed by atoms with Crippen molar-refractivity contribution in [3.63, 3.8) is 0 Å². The largest absolute Gasteiger partial charge is 0.394 e. The van der Waals surface area contributed by atoms with Crippen molar-refractivity contribution >= 4 is 11.9 Å². The molecule has 8 heteroatoms. The van der Waals surface area contributed by atoms with Gasteiger partial charge in [0.25, 0.3) is 0 Å². The number of ether oxygens (including phenoxy) is 1.